The molecule has 0 spiro atoms. The van der Waals surface area contributed by atoms with Crippen LogP contribution in [0, 0.1) is 5.92 Å². The highest BCUT2D eigenvalue weighted by molar-refractivity contribution is 5.96. The van der Waals surface area contributed by atoms with Crippen LogP contribution in [0.5, 0.6) is 0 Å². The van der Waals surface area contributed by atoms with Crippen molar-refractivity contribution in [2.75, 3.05) is 13.1 Å². The van der Waals surface area contributed by atoms with Crippen molar-refractivity contribution in [1.29, 1.82) is 0 Å². The lowest BCUT2D eigenvalue weighted by Crippen LogP contribution is -2.42. The van der Waals surface area contributed by atoms with E-state index in [0.717, 1.165) is 0 Å². The fourth-order valence-electron chi connectivity index (χ4n) is 3.47. The standard InChI is InChI=1S/C17H17F6NO2/c18-16(19,20)11-1-2-12(13(9-11)17(21,22)23)14(25)24-7-3-10(4-8-24)15(26)5-6-15/h1-2,9-10,26H,3-8H2. The van der Waals surface area contributed by atoms with Gasteiger partial charge in [0, 0.05) is 13.1 Å². The number of carbonyl (C=O) groups is 1. The summed E-state index contributed by atoms with van der Waals surface area (Å²) in [6.07, 6.45) is -7.71. The number of benzene rings is 1. The number of amides is 1. The number of aliphatic hydroxyl groups is 1. The molecule has 2 aliphatic rings. The number of carbonyl (C=O) groups excluding carboxylic acids is 1. The molecular weight excluding hydrogens is 364 g/mol. The predicted molar refractivity (Wildman–Crippen MR) is 79.3 cm³/mol. The van der Waals surface area contributed by atoms with Gasteiger partial charge in [-0.3, -0.25) is 4.79 Å². The Kier molecular flexibility index (Phi) is 4.49. The third kappa shape index (κ3) is 3.67. The maximum atomic E-state index is 13.2. The van der Waals surface area contributed by atoms with Crippen LogP contribution in [0.15, 0.2) is 18.2 Å². The molecule has 144 valence electrons. The first-order valence-electron chi connectivity index (χ1n) is 8.22. The van der Waals surface area contributed by atoms with Crippen molar-refractivity contribution in [3.05, 3.63) is 34.9 Å². The zero-order valence-corrected chi connectivity index (χ0v) is 13.6. The Morgan fingerprint density at radius 3 is 2.08 bits per heavy atom. The topological polar surface area (TPSA) is 40.5 Å². The third-order valence-corrected chi connectivity index (χ3v) is 5.19. The molecule has 0 unspecified atom stereocenters. The van der Waals surface area contributed by atoms with Crippen LogP contribution in [-0.2, 0) is 12.4 Å². The average molecular weight is 381 g/mol. The second-order valence-electron chi connectivity index (χ2n) is 6.93. The van der Waals surface area contributed by atoms with E-state index in [4.69, 9.17) is 0 Å². The number of likely N-dealkylation sites (tertiary alicyclic amines) is 1. The van der Waals surface area contributed by atoms with Crippen LogP contribution < -0.4 is 0 Å². The smallest absolute Gasteiger partial charge is 0.390 e. The molecule has 1 aliphatic carbocycles. The lowest BCUT2D eigenvalue weighted by molar-refractivity contribution is -0.143. The molecule has 1 aliphatic heterocycles. The molecule has 1 saturated carbocycles. The van der Waals surface area contributed by atoms with Gasteiger partial charge >= 0.3 is 12.4 Å². The predicted octanol–water partition coefficient (Wildman–Crippen LogP) is 4.10. The fraction of sp³-hybridized carbons (Fsp3) is 0.588. The van der Waals surface area contributed by atoms with Crippen LogP contribution in [0.2, 0.25) is 0 Å². The molecule has 0 radical (unpaired) electrons. The zero-order chi connectivity index (χ0) is 19.3. The molecule has 3 nitrogen and oxygen atoms in total. The molecule has 0 atom stereocenters. The number of halogens is 6. The molecule has 3 rings (SSSR count). The van der Waals surface area contributed by atoms with E-state index >= 15 is 0 Å². The van der Waals surface area contributed by atoms with E-state index < -0.39 is 40.6 Å². The van der Waals surface area contributed by atoms with Crippen LogP contribution in [0.1, 0.15) is 47.2 Å². The minimum Gasteiger partial charge on any atom is -0.390 e. The third-order valence-electron chi connectivity index (χ3n) is 5.19. The van der Waals surface area contributed by atoms with E-state index in [9.17, 15) is 36.2 Å². The van der Waals surface area contributed by atoms with Crippen molar-refractivity contribution in [2.45, 2.75) is 43.6 Å². The summed E-state index contributed by atoms with van der Waals surface area (Å²) in [6.45, 7) is 0.342. The van der Waals surface area contributed by atoms with E-state index in [1.807, 2.05) is 0 Å². The summed E-state index contributed by atoms with van der Waals surface area (Å²) >= 11 is 0. The number of alkyl halides is 6. The van der Waals surface area contributed by atoms with Crippen LogP contribution >= 0.6 is 0 Å². The average Bonchev–Trinajstić information content (AvgIpc) is 3.31. The van der Waals surface area contributed by atoms with Gasteiger partial charge in [0.1, 0.15) is 0 Å². The summed E-state index contributed by atoms with van der Waals surface area (Å²) in [6, 6.07) is 1.06. The van der Waals surface area contributed by atoms with E-state index in [1.165, 1.54) is 4.90 Å². The van der Waals surface area contributed by atoms with E-state index in [0.29, 0.717) is 37.8 Å². The summed E-state index contributed by atoms with van der Waals surface area (Å²) < 4.78 is 77.8. The number of hydrogen-bond donors (Lipinski definition) is 1. The maximum Gasteiger partial charge on any atom is 0.417 e. The Bertz CT molecular complexity index is 700. The monoisotopic (exact) mass is 381 g/mol. The number of nitrogens with zero attached hydrogens (tertiary/aromatic N) is 1. The van der Waals surface area contributed by atoms with Gasteiger partial charge in [-0.25, -0.2) is 0 Å². The molecular formula is C17H17F6NO2. The number of rotatable bonds is 2. The Hall–Kier alpha value is -1.77. The van der Waals surface area contributed by atoms with Gasteiger partial charge in [-0.1, -0.05) is 0 Å². The lowest BCUT2D eigenvalue weighted by atomic mass is 9.89. The molecule has 9 heteroatoms. The van der Waals surface area contributed by atoms with Crippen LogP contribution in [-0.4, -0.2) is 34.6 Å². The first-order chi connectivity index (χ1) is 11.9. The van der Waals surface area contributed by atoms with Crippen molar-refractivity contribution in [3.63, 3.8) is 0 Å². The van der Waals surface area contributed by atoms with Gasteiger partial charge in [0.15, 0.2) is 0 Å². The Balaban J connectivity index is 1.83. The van der Waals surface area contributed by atoms with E-state index in [2.05, 4.69) is 0 Å². The van der Waals surface area contributed by atoms with Crippen molar-refractivity contribution >= 4 is 5.91 Å². The summed E-state index contributed by atoms with van der Waals surface area (Å²) in [5.41, 5.74) is -4.54. The van der Waals surface area contributed by atoms with Gasteiger partial charge in [-0.2, -0.15) is 26.3 Å². The highest BCUT2D eigenvalue weighted by Gasteiger charge is 2.48. The van der Waals surface area contributed by atoms with Gasteiger partial charge < -0.3 is 10.0 Å². The first kappa shape index (κ1) is 19.0. The molecule has 1 N–H and O–H groups in total. The van der Waals surface area contributed by atoms with Crippen LogP contribution in [0.25, 0.3) is 0 Å². The van der Waals surface area contributed by atoms with Gasteiger partial charge in [0.25, 0.3) is 5.91 Å². The molecule has 1 saturated heterocycles. The maximum absolute atomic E-state index is 13.2. The zero-order valence-electron chi connectivity index (χ0n) is 13.6. The summed E-state index contributed by atoms with van der Waals surface area (Å²) in [5, 5.41) is 10.1. The van der Waals surface area contributed by atoms with Crippen molar-refractivity contribution in [3.8, 4) is 0 Å². The largest absolute Gasteiger partial charge is 0.417 e. The molecule has 0 bridgehead atoms. The molecule has 26 heavy (non-hydrogen) atoms. The Morgan fingerprint density at radius 2 is 1.62 bits per heavy atom. The van der Waals surface area contributed by atoms with Gasteiger partial charge in [-0.05, 0) is 49.8 Å². The number of piperidine rings is 1. The summed E-state index contributed by atoms with van der Waals surface area (Å²) in [5.74, 6) is -0.937. The Labute approximate surface area is 145 Å². The highest BCUT2D eigenvalue weighted by atomic mass is 19.4. The van der Waals surface area contributed by atoms with Crippen molar-refractivity contribution in [2.24, 2.45) is 5.92 Å². The quantitative estimate of drug-likeness (QED) is 0.784. The van der Waals surface area contributed by atoms with Crippen molar-refractivity contribution in [1.82, 2.24) is 4.90 Å². The molecule has 1 amide bonds. The van der Waals surface area contributed by atoms with Gasteiger partial charge in [-0.15, -0.1) is 0 Å². The second kappa shape index (κ2) is 6.14. The normalized spacial score (nSPS) is 21.0. The first-order valence-corrected chi connectivity index (χ1v) is 8.22. The van der Waals surface area contributed by atoms with Crippen molar-refractivity contribution < 1.29 is 36.2 Å². The SMILES string of the molecule is O=C(c1ccc(C(F)(F)F)cc1C(F)(F)F)N1CCC(C2(O)CC2)CC1. The minimum absolute atomic E-state index is 0.00115. The molecule has 1 aromatic rings. The minimum atomic E-state index is -5.08. The van der Waals surface area contributed by atoms with E-state index in [-0.39, 0.29) is 25.1 Å². The van der Waals surface area contributed by atoms with Crippen LogP contribution in [0.4, 0.5) is 26.3 Å². The second-order valence-corrected chi connectivity index (χ2v) is 6.93. The fourth-order valence-corrected chi connectivity index (χ4v) is 3.47. The molecule has 0 aromatic heterocycles. The molecule has 2 fully saturated rings. The molecule has 1 aromatic carbocycles. The van der Waals surface area contributed by atoms with Crippen LogP contribution in [0.3, 0.4) is 0 Å². The summed E-state index contributed by atoms with van der Waals surface area (Å²) in [4.78, 5) is 13.7. The van der Waals surface area contributed by atoms with Gasteiger partial charge in [0.05, 0.1) is 22.3 Å². The Morgan fingerprint density at radius 1 is 1.04 bits per heavy atom. The number of hydrogen-bond acceptors (Lipinski definition) is 2. The molecule has 1 heterocycles. The van der Waals surface area contributed by atoms with Gasteiger partial charge in [0.2, 0.25) is 0 Å². The van der Waals surface area contributed by atoms with E-state index in [1.54, 1.807) is 0 Å². The summed E-state index contributed by atoms with van der Waals surface area (Å²) in [7, 11) is 0. The highest BCUT2D eigenvalue weighted by Crippen LogP contribution is 2.46. The lowest BCUT2D eigenvalue weighted by Gasteiger charge is -2.35.